The highest BCUT2D eigenvalue weighted by Crippen LogP contribution is 2.68. The van der Waals surface area contributed by atoms with E-state index >= 15 is 0 Å². The molecule has 6 aliphatic rings. The van der Waals surface area contributed by atoms with Gasteiger partial charge >= 0.3 is 0 Å². The van der Waals surface area contributed by atoms with E-state index in [-0.39, 0.29) is 71.2 Å². The summed E-state index contributed by atoms with van der Waals surface area (Å²) in [5.41, 5.74) is 10.3. The molecule has 4 aliphatic carbocycles. The van der Waals surface area contributed by atoms with Gasteiger partial charge in [-0.3, -0.25) is 24.1 Å². The Labute approximate surface area is 325 Å². The van der Waals surface area contributed by atoms with Crippen LogP contribution >= 0.6 is 11.8 Å². The lowest BCUT2D eigenvalue weighted by atomic mass is 9.43. The number of amides is 2. The summed E-state index contributed by atoms with van der Waals surface area (Å²) in [5, 5.41) is 28.3. The second kappa shape index (κ2) is 16.7. The first-order valence-corrected chi connectivity index (χ1v) is 21.6. The monoisotopic (exact) mass is 763 g/mol. The van der Waals surface area contributed by atoms with E-state index in [9.17, 15) is 29.4 Å². The molecular weight excluding hydrogens is 703 g/mol. The van der Waals surface area contributed by atoms with Gasteiger partial charge in [-0.05, 0) is 134 Å². The predicted octanol–water partition coefficient (Wildman–Crippen LogP) is 6.72. The van der Waals surface area contributed by atoms with Gasteiger partial charge in [-0.2, -0.15) is 0 Å². The molecule has 2 amide bonds. The Hall–Kier alpha value is -2.84. The molecule has 5 fully saturated rings. The van der Waals surface area contributed by atoms with Crippen LogP contribution in [-0.4, -0.2) is 74.4 Å². The molecule has 1 saturated heterocycles. The van der Waals surface area contributed by atoms with Crippen LogP contribution in [0.25, 0.3) is 10.4 Å². The van der Waals surface area contributed by atoms with Gasteiger partial charge in [-0.15, -0.1) is 24.1 Å². The van der Waals surface area contributed by atoms with Crippen molar-refractivity contribution in [3.63, 3.8) is 0 Å². The highest BCUT2D eigenvalue weighted by Gasteiger charge is 2.63. The minimum atomic E-state index is -0.701. The van der Waals surface area contributed by atoms with Crippen molar-refractivity contribution in [2.24, 2.45) is 57.4 Å². The topological polar surface area (TPSA) is 173 Å². The van der Waals surface area contributed by atoms with E-state index in [1.54, 1.807) is 0 Å². The van der Waals surface area contributed by atoms with Gasteiger partial charge in [0, 0.05) is 49.3 Å². The van der Waals surface area contributed by atoms with Crippen LogP contribution < -0.4 is 5.32 Å². The number of carbonyl (C=O) groups excluding carboxylic acids is 4. The average Bonchev–Trinajstić information content (AvgIpc) is 3.49. The first-order chi connectivity index (χ1) is 25.7. The minimum Gasteiger partial charge on any atom is -0.393 e. The van der Waals surface area contributed by atoms with Gasteiger partial charge in [0.25, 0.3) is 5.91 Å². The Morgan fingerprint density at radius 2 is 1.83 bits per heavy atom. The normalized spacial score (nSPS) is 38.0. The van der Waals surface area contributed by atoms with Crippen LogP contribution in [0.4, 0.5) is 0 Å². The molecule has 0 bridgehead atoms. The molecule has 0 aromatic rings. The molecule has 0 aromatic heterocycles. The Kier molecular flexibility index (Phi) is 12.6. The number of unbranched alkanes of at least 4 members (excludes halogenated alkanes) is 1. The summed E-state index contributed by atoms with van der Waals surface area (Å²) in [6, 6.07) is -0.701. The van der Waals surface area contributed by atoms with Crippen molar-refractivity contribution in [3.8, 4) is 12.3 Å². The summed E-state index contributed by atoms with van der Waals surface area (Å²) >= 11 is 1.53. The van der Waals surface area contributed by atoms with E-state index in [1.807, 2.05) is 6.92 Å². The molecule has 2 aliphatic heterocycles. The molecule has 2 heterocycles. The smallest absolute Gasteiger partial charge is 0.253 e. The van der Waals surface area contributed by atoms with E-state index in [0.717, 1.165) is 63.4 Å². The van der Waals surface area contributed by atoms with Gasteiger partial charge in [-0.25, -0.2) is 0 Å². The van der Waals surface area contributed by atoms with E-state index < -0.39 is 12.0 Å². The van der Waals surface area contributed by atoms with Gasteiger partial charge in [0.2, 0.25) is 5.91 Å². The number of Topliss-reactive ketones (excluding diaryl/α,β-unsaturated/α-hetero) is 2. The maximum absolute atomic E-state index is 13.7. The molecule has 13 atom stereocenters. The highest BCUT2D eigenvalue weighted by atomic mass is 32.2. The van der Waals surface area contributed by atoms with Crippen molar-refractivity contribution in [1.29, 1.82) is 0 Å². The maximum Gasteiger partial charge on any atom is 0.253 e. The van der Waals surface area contributed by atoms with Gasteiger partial charge in [0.1, 0.15) is 17.2 Å². The summed E-state index contributed by atoms with van der Waals surface area (Å²) in [6.45, 7) is 9.00. The van der Waals surface area contributed by atoms with Crippen LogP contribution in [0.5, 0.6) is 0 Å². The van der Waals surface area contributed by atoms with E-state index in [2.05, 4.69) is 42.0 Å². The van der Waals surface area contributed by atoms with Gasteiger partial charge in [0.05, 0.1) is 17.9 Å². The lowest BCUT2D eigenvalue weighted by Crippen LogP contribution is -2.70. The maximum atomic E-state index is 13.7. The zero-order chi connectivity index (χ0) is 38.9. The summed E-state index contributed by atoms with van der Waals surface area (Å²) in [6.07, 6.45) is 15.3. The summed E-state index contributed by atoms with van der Waals surface area (Å²) in [5.74, 6) is 4.31. The summed E-state index contributed by atoms with van der Waals surface area (Å²) in [7, 11) is 0. The van der Waals surface area contributed by atoms with Crippen LogP contribution in [-0.2, 0) is 19.2 Å². The van der Waals surface area contributed by atoms with Crippen molar-refractivity contribution in [2.75, 3.05) is 12.3 Å². The fraction of sp³-hybridized carbons (Fsp3) is 0.810. The number of nitrogens with one attached hydrogen (secondary N) is 1. The molecule has 4 saturated carbocycles. The number of rotatable bonds is 15. The van der Waals surface area contributed by atoms with Crippen molar-refractivity contribution in [2.45, 2.75) is 148 Å². The van der Waals surface area contributed by atoms with Crippen molar-refractivity contribution < 1.29 is 29.4 Å². The largest absolute Gasteiger partial charge is 0.393 e. The minimum absolute atomic E-state index is 0.00796. The number of allylic oxidation sites excluding steroid dienone is 1. The lowest BCUT2D eigenvalue weighted by Gasteiger charge is -2.62. The van der Waals surface area contributed by atoms with Gasteiger partial charge in [-0.1, -0.05) is 25.9 Å². The number of hydrogen-bond acceptors (Lipinski definition) is 8. The molecule has 12 heteroatoms. The number of nitrogens with zero attached hydrogens (tertiary/aromatic N) is 4. The Balaban J connectivity index is 1.02. The van der Waals surface area contributed by atoms with Crippen LogP contribution in [0.1, 0.15) is 124 Å². The summed E-state index contributed by atoms with van der Waals surface area (Å²) in [4.78, 5) is 57.5. The van der Waals surface area contributed by atoms with Crippen LogP contribution in [0.3, 0.4) is 0 Å². The fourth-order valence-electron chi connectivity index (χ4n) is 12.4. The van der Waals surface area contributed by atoms with Gasteiger partial charge in [0.15, 0.2) is 5.78 Å². The third kappa shape index (κ3) is 7.77. The number of aliphatic hydroxyl groups is 2. The first kappa shape index (κ1) is 40.8. The number of aliphatic hydroxyl groups excluding tert-OH is 2. The van der Waals surface area contributed by atoms with E-state index in [0.29, 0.717) is 72.6 Å². The third-order valence-corrected chi connectivity index (χ3v) is 16.6. The number of fused-ring (bicyclic) bond motifs is 6. The second-order valence-electron chi connectivity index (χ2n) is 18.3. The highest BCUT2D eigenvalue weighted by molar-refractivity contribution is 8.00. The van der Waals surface area contributed by atoms with E-state index in [4.69, 9.17) is 12.0 Å². The molecule has 0 radical (unpaired) electrons. The van der Waals surface area contributed by atoms with Crippen molar-refractivity contribution >= 4 is 35.1 Å². The number of hydrogen-bond donors (Lipinski definition) is 3. The SMILES string of the molecule is C#CCCCC(=O)CC(CN=[N+]=[N-])CC(=O)C1=C(C)CSC2C(NC(=O)CC[C@@H](C)[C@H]3CC[C@H]4[C@@H]5C(O)C[C@@H]6C[C@H](O)CC[C@]6(C)[C@H]5CC[C@]34C)C(=O)N12. The average molecular weight is 764 g/mol. The number of azide groups is 1. The van der Waals surface area contributed by atoms with Crippen LogP contribution in [0.2, 0.25) is 0 Å². The molecule has 3 N–H and O–H groups in total. The molecule has 0 aromatic carbocycles. The number of ketones is 2. The zero-order valence-corrected chi connectivity index (χ0v) is 33.5. The summed E-state index contributed by atoms with van der Waals surface area (Å²) < 4.78 is 0. The molecular formula is C42H61N5O6S. The number of carbonyl (C=O) groups is 4. The van der Waals surface area contributed by atoms with Gasteiger partial charge < -0.3 is 15.5 Å². The number of β-lactam (4-membered cyclic amide) rings is 1. The van der Waals surface area contributed by atoms with E-state index in [1.165, 1.54) is 16.7 Å². The second-order valence-corrected chi connectivity index (χ2v) is 19.4. The van der Waals surface area contributed by atoms with Crippen LogP contribution in [0, 0.1) is 64.6 Å². The number of terminal acetylenes is 1. The first-order valence-electron chi connectivity index (χ1n) is 20.5. The lowest BCUT2D eigenvalue weighted by molar-refractivity contribution is -0.174. The Morgan fingerprint density at radius 3 is 2.57 bits per heavy atom. The van der Waals surface area contributed by atoms with Crippen LogP contribution in [0.15, 0.2) is 16.4 Å². The number of thioether (sulfide) groups is 1. The molecule has 11 nitrogen and oxygen atoms in total. The Bertz CT molecular complexity index is 1600. The van der Waals surface area contributed by atoms with Crippen molar-refractivity contribution in [1.82, 2.24) is 10.2 Å². The zero-order valence-electron chi connectivity index (χ0n) is 32.7. The third-order valence-electron chi connectivity index (χ3n) is 15.2. The fourth-order valence-corrected chi connectivity index (χ4v) is 13.7. The molecule has 296 valence electrons. The predicted molar refractivity (Wildman–Crippen MR) is 208 cm³/mol. The molecule has 4 unspecified atom stereocenters. The quantitative estimate of drug-likeness (QED) is 0.0415. The molecule has 0 spiro atoms. The standard InChI is InChI=1S/C42H61N5O6S/c1-6-7-8-9-28(48)18-26(22-44-46-43)19-34(51)38-25(3)23-54-40-37(39(53)47(38)40)45-35(52)13-10-24(2)30-11-12-31-36-32(15-17-42(30,31)5)41(4)16-14-29(49)20-27(41)21-33(36)50/h1,24,26-27,29-33,36-37,40,49-50H,7-23H2,2-5H3,(H,45,52)/t24-,26?,27+,29-,30-,31+,32+,33?,36+,37?,40?,41+,42-/m1/s1. The molecule has 6 rings (SSSR count). The van der Waals surface area contributed by atoms with Crippen molar-refractivity contribution in [3.05, 3.63) is 21.7 Å². The Morgan fingerprint density at radius 1 is 1.09 bits per heavy atom. The molecule has 54 heavy (non-hydrogen) atoms.